The highest BCUT2D eigenvalue weighted by Crippen LogP contribution is 2.34. The molecule has 3 aromatic rings. The molecule has 1 atom stereocenters. The lowest BCUT2D eigenvalue weighted by molar-refractivity contribution is 0.631. The van der Waals surface area contributed by atoms with Crippen LogP contribution in [0.2, 0.25) is 10.0 Å². The Morgan fingerprint density at radius 1 is 1.05 bits per heavy atom. The molecule has 2 aromatic carbocycles. The van der Waals surface area contributed by atoms with E-state index in [1.807, 2.05) is 49.5 Å². The minimum absolute atomic E-state index is 0.205. The second kappa shape index (κ2) is 5.72. The molecule has 0 aliphatic carbocycles. The predicted molar refractivity (Wildman–Crippen MR) is 89.1 cm³/mol. The van der Waals surface area contributed by atoms with E-state index in [0.717, 1.165) is 27.3 Å². The average molecular weight is 320 g/mol. The number of rotatable bonds is 3. The van der Waals surface area contributed by atoms with Crippen molar-refractivity contribution in [1.29, 1.82) is 0 Å². The van der Waals surface area contributed by atoms with Gasteiger partial charge in [-0.3, -0.25) is 0 Å². The van der Waals surface area contributed by atoms with Crippen molar-refractivity contribution in [2.75, 3.05) is 7.05 Å². The molecule has 3 rings (SSSR count). The first-order chi connectivity index (χ1) is 10.1. The highest BCUT2D eigenvalue weighted by molar-refractivity contribution is 6.35. The highest BCUT2D eigenvalue weighted by Gasteiger charge is 2.12. The molecular weight excluding hydrogens is 305 g/mol. The lowest BCUT2D eigenvalue weighted by atomic mass is 10.0. The van der Waals surface area contributed by atoms with Crippen LogP contribution in [0.15, 0.2) is 46.9 Å². The first-order valence-corrected chi connectivity index (χ1v) is 7.51. The van der Waals surface area contributed by atoms with Crippen molar-refractivity contribution >= 4 is 34.2 Å². The number of furan rings is 1. The van der Waals surface area contributed by atoms with Crippen LogP contribution >= 0.6 is 23.2 Å². The lowest BCUT2D eigenvalue weighted by Gasteiger charge is -2.13. The van der Waals surface area contributed by atoms with Crippen LogP contribution in [0.4, 0.5) is 0 Å². The molecule has 0 spiro atoms. The number of fused-ring (bicyclic) bond motifs is 1. The highest BCUT2D eigenvalue weighted by atomic mass is 35.5. The van der Waals surface area contributed by atoms with Crippen LogP contribution in [0.1, 0.15) is 18.5 Å². The number of hydrogen-bond acceptors (Lipinski definition) is 2. The van der Waals surface area contributed by atoms with Gasteiger partial charge in [-0.05, 0) is 37.7 Å². The lowest BCUT2D eigenvalue weighted by Crippen LogP contribution is -2.12. The Kier molecular flexibility index (Phi) is 3.94. The van der Waals surface area contributed by atoms with E-state index in [1.165, 1.54) is 0 Å². The number of para-hydroxylation sites is 1. The number of hydrogen-bond donors (Lipinski definition) is 1. The third-order valence-electron chi connectivity index (χ3n) is 3.68. The monoisotopic (exact) mass is 319 g/mol. The zero-order valence-corrected chi connectivity index (χ0v) is 13.3. The van der Waals surface area contributed by atoms with Crippen molar-refractivity contribution in [3.8, 4) is 11.3 Å². The molecule has 0 fully saturated rings. The van der Waals surface area contributed by atoms with Crippen LogP contribution in [-0.2, 0) is 0 Å². The molecule has 1 N–H and O–H groups in total. The van der Waals surface area contributed by atoms with Gasteiger partial charge >= 0.3 is 0 Å². The predicted octanol–water partition coefficient (Wildman–Crippen LogP) is 5.69. The molecule has 0 aliphatic heterocycles. The first kappa shape index (κ1) is 14.5. The summed E-state index contributed by atoms with van der Waals surface area (Å²) in [5, 5.41) is 5.51. The third kappa shape index (κ3) is 2.67. The van der Waals surface area contributed by atoms with Crippen molar-refractivity contribution in [2.45, 2.75) is 13.0 Å². The molecule has 108 valence electrons. The maximum atomic E-state index is 6.38. The van der Waals surface area contributed by atoms with Gasteiger partial charge in [0.15, 0.2) is 5.58 Å². The van der Waals surface area contributed by atoms with Crippen molar-refractivity contribution in [1.82, 2.24) is 5.32 Å². The molecular formula is C17H15Cl2NO. The minimum atomic E-state index is 0.205. The SMILES string of the molecule is CNC(C)c1ccc(-c2cc3cccc(Cl)c3o2)cc1Cl. The largest absolute Gasteiger partial charge is 0.455 e. The summed E-state index contributed by atoms with van der Waals surface area (Å²) < 4.78 is 5.86. The van der Waals surface area contributed by atoms with Gasteiger partial charge in [0.05, 0.1) is 5.02 Å². The summed E-state index contributed by atoms with van der Waals surface area (Å²) in [6.07, 6.45) is 0. The zero-order valence-electron chi connectivity index (χ0n) is 11.8. The van der Waals surface area contributed by atoms with E-state index in [-0.39, 0.29) is 6.04 Å². The van der Waals surface area contributed by atoms with E-state index in [4.69, 9.17) is 27.6 Å². The molecule has 0 radical (unpaired) electrons. The molecule has 2 nitrogen and oxygen atoms in total. The average Bonchev–Trinajstić information content (AvgIpc) is 2.92. The van der Waals surface area contributed by atoms with Crippen LogP contribution in [0, 0.1) is 0 Å². The standard InChI is InChI=1S/C17H15Cl2NO/c1-10(20-2)13-7-6-11(8-15(13)19)16-9-12-4-3-5-14(18)17(12)21-16/h3-10,20H,1-2H3. The van der Waals surface area contributed by atoms with Gasteiger partial charge in [-0.1, -0.05) is 47.5 Å². The summed E-state index contributed by atoms with van der Waals surface area (Å²) in [7, 11) is 1.91. The molecule has 0 bridgehead atoms. The Bertz CT molecular complexity index is 795. The van der Waals surface area contributed by atoms with Gasteiger partial charge in [0.1, 0.15) is 5.76 Å². The Hall–Kier alpha value is -1.48. The molecule has 1 heterocycles. The topological polar surface area (TPSA) is 25.2 Å². The van der Waals surface area contributed by atoms with Crippen LogP contribution in [0.3, 0.4) is 0 Å². The molecule has 1 unspecified atom stereocenters. The number of halogens is 2. The van der Waals surface area contributed by atoms with Crippen LogP contribution < -0.4 is 5.32 Å². The first-order valence-electron chi connectivity index (χ1n) is 6.75. The molecule has 1 aromatic heterocycles. The van der Waals surface area contributed by atoms with Crippen LogP contribution in [0.25, 0.3) is 22.3 Å². The normalized spacial score (nSPS) is 12.8. The zero-order chi connectivity index (χ0) is 15.0. The van der Waals surface area contributed by atoms with Gasteiger partial charge in [0.25, 0.3) is 0 Å². The molecule has 4 heteroatoms. The second-order valence-electron chi connectivity index (χ2n) is 5.02. The van der Waals surface area contributed by atoms with E-state index in [9.17, 15) is 0 Å². The third-order valence-corrected chi connectivity index (χ3v) is 4.31. The summed E-state index contributed by atoms with van der Waals surface area (Å²) in [6, 6.07) is 13.9. The molecule has 0 aliphatic rings. The van der Waals surface area contributed by atoms with E-state index >= 15 is 0 Å². The van der Waals surface area contributed by atoms with Gasteiger partial charge in [-0.15, -0.1) is 0 Å². The van der Waals surface area contributed by atoms with Gasteiger partial charge < -0.3 is 9.73 Å². The maximum absolute atomic E-state index is 6.38. The van der Waals surface area contributed by atoms with E-state index < -0.39 is 0 Å². The van der Waals surface area contributed by atoms with Crippen molar-refractivity contribution < 1.29 is 4.42 Å². The van der Waals surface area contributed by atoms with Crippen molar-refractivity contribution in [3.63, 3.8) is 0 Å². The van der Waals surface area contributed by atoms with Gasteiger partial charge in [-0.25, -0.2) is 0 Å². The molecule has 0 saturated heterocycles. The Morgan fingerprint density at radius 3 is 2.52 bits per heavy atom. The van der Waals surface area contributed by atoms with E-state index in [0.29, 0.717) is 10.6 Å². The van der Waals surface area contributed by atoms with Crippen LogP contribution in [-0.4, -0.2) is 7.05 Å². The van der Waals surface area contributed by atoms with Gasteiger partial charge in [0.2, 0.25) is 0 Å². The summed E-state index contributed by atoms with van der Waals surface area (Å²) >= 11 is 12.5. The summed E-state index contributed by atoms with van der Waals surface area (Å²) in [6.45, 7) is 2.07. The summed E-state index contributed by atoms with van der Waals surface area (Å²) in [5.74, 6) is 0.767. The second-order valence-corrected chi connectivity index (χ2v) is 5.83. The quantitative estimate of drug-likeness (QED) is 0.671. The Balaban J connectivity index is 2.06. The fourth-order valence-corrected chi connectivity index (χ4v) is 2.92. The number of benzene rings is 2. The smallest absolute Gasteiger partial charge is 0.153 e. The van der Waals surface area contributed by atoms with Gasteiger partial charge in [0, 0.05) is 22.0 Å². The fourth-order valence-electron chi connectivity index (χ4n) is 2.36. The molecule has 0 amide bonds. The fraction of sp³-hybridized carbons (Fsp3) is 0.176. The Labute approximate surface area is 133 Å². The van der Waals surface area contributed by atoms with Crippen molar-refractivity contribution in [2.24, 2.45) is 0 Å². The summed E-state index contributed by atoms with van der Waals surface area (Å²) in [4.78, 5) is 0. The van der Waals surface area contributed by atoms with Crippen molar-refractivity contribution in [3.05, 3.63) is 58.1 Å². The van der Waals surface area contributed by atoms with Gasteiger partial charge in [-0.2, -0.15) is 0 Å². The van der Waals surface area contributed by atoms with E-state index in [2.05, 4.69) is 12.2 Å². The van der Waals surface area contributed by atoms with E-state index in [1.54, 1.807) is 0 Å². The molecule has 0 saturated carbocycles. The van der Waals surface area contributed by atoms with Crippen LogP contribution in [0.5, 0.6) is 0 Å². The maximum Gasteiger partial charge on any atom is 0.153 e. The minimum Gasteiger partial charge on any atom is -0.455 e. The summed E-state index contributed by atoms with van der Waals surface area (Å²) in [5.41, 5.74) is 2.72. The number of nitrogens with one attached hydrogen (secondary N) is 1. The Morgan fingerprint density at radius 2 is 1.86 bits per heavy atom. The molecule has 21 heavy (non-hydrogen) atoms.